The second kappa shape index (κ2) is 9.43. The minimum absolute atomic E-state index is 0.151. The summed E-state index contributed by atoms with van der Waals surface area (Å²) in [7, 11) is 0. The van der Waals surface area contributed by atoms with E-state index in [0.29, 0.717) is 5.75 Å². The Morgan fingerprint density at radius 3 is 2.04 bits per heavy atom. The maximum absolute atomic E-state index is 11.7. The lowest BCUT2D eigenvalue weighted by Gasteiger charge is -2.20. The van der Waals surface area contributed by atoms with E-state index in [1.807, 2.05) is 48.6 Å². The van der Waals surface area contributed by atoms with Crippen LogP contribution in [-0.4, -0.2) is 23.3 Å². The lowest BCUT2D eigenvalue weighted by Crippen LogP contribution is -2.28. The van der Waals surface area contributed by atoms with E-state index in [0.717, 1.165) is 11.1 Å². The van der Waals surface area contributed by atoms with Crippen LogP contribution in [0.15, 0.2) is 73.3 Å². The zero-order chi connectivity index (χ0) is 19.7. The summed E-state index contributed by atoms with van der Waals surface area (Å²) in [5.41, 5.74) is 1.31. The van der Waals surface area contributed by atoms with Crippen molar-refractivity contribution in [1.82, 2.24) is 0 Å². The number of allylic oxidation sites excluding steroid dienone is 2. The van der Waals surface area contributed by atoms with Gasteiger partial charge in [-0.1, -0.05) is 55.1 Å². The molecule has 0 fully saturated rings. The molecule has 0 bridgehead atoms. The second-order valence-electron chi connectivity index (χ2n) is 6.45. The minimum Gasteiger partial charge on any atom is -0.508 e. The molecule has 0 aliphatic heterocycles. The number of esters is 1. The number of phenolic OH excluding ortho intramolecular Hbond substituents is 1. The number of hydrogen-bond acceptors (Lipinski definition) is 4. The van der Waals surface area contributed by atoms with Gasteiger partial charge in [0.25, 0.3) is 0 Å². The van der Waals surface area contributed by atoms with Gasteiger partial charge in [0.2, 0.25) is 0 Å². The van der Waals surface area contributed by atoms with Gasteiger partial charge in [-0.15, -0.1) is 0 Å². The third kappa shape index (κ3) is 7.24. The lowest BCUT2D eigenvalue weighted by atomic mass is 10.1. The van der Waals surface area contributed by atoms with Gasteiger partial charge in [0, 0.05) is 0 Å². The second-order valence-corrected chi connectivity index (χ2v) is 6.45. The smallest absolute Gasteiger partial charge is 0.345 e. The van der Waals surface area contributed by atoms with Gasteiger partial charge in [-0.25, -0.2) is 4.79 Å². The van der Waals surface area contributed by atoms with Crippen molar-refractivity contribution in [3.05, 3.63) is 84.5 Å². The predicted octanol–water partition coefficient (Wildman–Crippen LogP) is 5.01. The molecule has 0 aromatic heterocycles. The first-order valence-corrected chi connectivity index (χ1v) is 8.60. The highest BCUT2D eigenvalue weighted by atomic mass is 16.6. The highest BCUT2D eigenvalue weighted by molar-refractivity contribution is 5.71. The zero-order valence-electron chi connectivity index (χ0n) is 15.6. The number of hydrogen-bond donors (Lipinski definition) is 1. The fourth-order valence-corrected chi connectivity index (χ4v) is 2.10. The molecular formula is C23H24O4. The van der Waals surface area contributed by atoms with Crippen LogP contribution >= 0.6 is 0 Å². The third-order valence-electron chi connectivity index (χ3n) is 3.69. The molecule has 4 nitrogen and oxygen atoms in total. The van der Waals surface area contributed by atoms with Gasteiger partial charge in [0.15, 0.2) is 6.61 Å². The van der Waals surface area contributed by atoms with Gasteiger partial charge < -0.3 is 14.6 Å². The third-order valence-corrected chi connectivity index (χ3v) is 3.69. The molecule has 0 heterocycles. The largest absolute Gasteiger partial charge is 0.508 e. The molecule has 2 aromatic carbocycles. The van der Waals surface area contributed by atoms with Crippen LogP contribution in [0.1, 0.15) is 25.0 Å². The number of rotatable bonds is 8. The normalized spacial score (nSPS) is 11.6. The van der Waals surface area contributed by atoms with E-state index in [-0.39, 0.29) is 12.4 Å². The first-order valence-electron chi connectivity index (χ1n) is 8.60. The Morgan fingerprint density at radius 2 is 1.52 bits per heavy atom. The molecular weight excluding hydrogens is 340 g/mol. The van der Waals surface area contributed by atoms with Crippen LogP contribution in [0.4, 0.5) is 0 Å². The minimum atomic E-state index is -0.706. The Hall–Kier alpha value is -3.27. The summed E-state index contributed by atoms with van der Waals surface area (Å²) in [5.74, 6) is 0.408. The van der Waals surface area contributed by atoms with Gasteiger partial charge in [0.05, 0.1) is 0 Å². The topological polar surface area (TPSA) is 55.8 Å². The molecule has 0 spiro atoms. The van der Waals surface area contributed by atoms with Gasteiger partial charge in [-0.05, 0) is 55.3 Å². The van der Waals surface area contributed by atoms with Crippen LogP contribution in [0.5, 0.6) is 11.5 Å². The first-order chi connectivity index (χ1) is 12.9. The molecule has 0 saturated heterocycles. The SMILES string of the molecule is C=CC(C)(C)OC(=O)COc1ccc(C=CC=Cc2ccc(O)cc2)cc1. The van der Waals surface area contributed by atoms with Gasteiger partial charge >= 0.3 is 5.97 Å². The van der Waals surface area contributed by atoms with Crippen LogP contribution in [0.3, 0.4) is 0 Å². The number of ether oxygens (including phenoxy) is 2. The zero-order valence-corrected chi connectivity index (χ0v) is 15.6. The van der Waals surface area contributed by atoms with Crippen LogP contribution in [0.25, 0.3) is 12.2 Å². The average Bonchev–Trinajstić information content (AvgIpc) is 2.65. The van der Waals surface area contributed by atoms with E-state index < -0.39 is 11.6 Å². The molecule has 0 aliphatic rings. The predicted molar refractivity (Wildman–Crippen MR) is 108 cm³/mol. The Balaban J connectivity index is 1.83. The summed E-state index contributed by atoms with van der Waals surface area (Å²) >= 11 is 0. The fourth-order valence-electron chi connectivity index (χ4n) is 2.10. The van der Waals surface area contributed by atoms with E-state index in [9.17, 15) is 9.90 Å². The van der Waals surface area contributed by atoms with E-state index in [1.165, 1.54) is 0 Å². The number of aromatic hydroxyl groups is 1. The van der Waals surface area contributed by atoms with Crippen LogP contribution < -0.4 is 4.74 Å². The maximum Gasteiger partial charge on any atom is 0.345 e. The van der Waals surface area contributed by atoms with E-state index in [4.69, 9.17) is 9.47 Å². The maximum atomic E-state index is 11.7. The van der Waals surface area contributed by atoms with Crippen molar-refractivity contribution >= 4 is 18.1 Å². The summed E-state index contributed by atoms with van der Waals surface area (Å²) in [5, 5.41) is 9.25. The van der Waals surface area contributed by atoms with Crippen LogP contribution in [-0.2, 0) is 9.53 Å². The number of carbonyl (C=O) groups excluding carboxylic acids is 1. The van der Waals surface area contributed by atoms with Gasteiger partial charge in [-0.3, -0.25) is 0 Å². The molecule has 27 heavy (non-hydrogen) atoms. The van der Waals surface area contributed by atoms with Crippen molar-refractivity contribution in [3.8, 4) is 11.5 Å². The molecule has 140 valence electrons. The first kappa shape index (κ1) is 20.0. The quantitative estimate of drug-likeness (QED) is 0.407. The fraction of sp³-hybridized carbons (Fsp3) is 0.174. The van der Waals surface area contributed by atoms with Crippen molar-refractivity contribution < 1.29 is 19.4 Å². The number of benzene rings is 2. The van der Waals surface area contributed by atoms with Gasteiger partial charge in [-0.2, -0.15) is 0 Å². The summed E-state index contributed by atoms with van der Waals surface area (Å²) in [6.45, 7) is 6.99. The monoisotopic (exact) mass is 364 g/mol. The standard InChI is InChI=1S/C23H24O4/c1-4-23(2,3)27-22(25)17-26-21-15-11-19(12-16-21)8-6-5-7-18-9-13-20(24)14-10-18/h4-16,24H,1,17H2,2-3H3. The molecule has 0 unspecified atom stereocenters. The van der Waals surface area contributed by atoms with Gasteiger partial charge in [0.1, 0.15) is 17.1 Å². The molecule has 0 aliphatic carbocycles. The molecule has 2 rings (SSSR count). The number of carbonyl (C=O) groups is 1. The van der Waals surface area contributed by atoms with Crippen molar-refractivity contribution in [1.29, 1.82) is 0 Å². The summed E-state index contributed by atoms with van der Waals surface area (Å²) in [6.07, 6.45) is 9.33. The highest BCUT2D eigenvalue weighted by Crippen LogP contribution is 2.15. The summed E-state index contributed by atoms with van der Waals surface area (Å²) in [4.78, 5) is 11.7. The van der Waals surface area contributed by atoms with Crippen molar-refractivity contribution in [3.63, 3.8) is 0 Å². The Morgan fingerprint density at radius 1 is 1.00 bits per heavy atom. The van der Waals surface area contributed by atoms with E-state index in [2.05, 4.69) is 6.58 Å². The van der Waals surface area contributed by atoms with Crippen LogP contribution in [0, 0.1) is 0 Å². The molecule has 0 saturated carbocycles. The Kier molecular flexibility index (Phi) is 7.00. The number of phenols is 1. The Bertz CT molecular complexity index is 812. The molecule has 0 radical (unpaired) electrons. The van der Waals surface area contributed by atoms with Crippen LogP contribution in [0.2, 0.25) is 0 Å². The molecule has 0 atom stereocenters. The van der Waals surface area contributed by atoms with E-state index in [1.54, 1.807) is 44.2 Å². The lowest BCUT2D eigenvalue weighted by molar-refractivity contribution is -0.154. The molecule has 0 amide bonds. The molecule has 1 N–H and O–H groups in total. The van der Waals surface area contributed by atoms with E-state index >= 15 is 0 Å². The molecule has 2 aromatic rings. The molecule has 4 heteroatoms. The van der Waals surface area contributed by atoms with Crippen molar-refractivity contribution in [2.45, 2.75) is 19.4 Å². The average molecular weight is 364 g/mol. The highest BCUT2D eigenvalue weighted by Gasteiger charge is 2.18. The summed E-state index contributed by atoms with van der Waals surface area (Å²) in [6, 6.07) is 14.4. The summed E-state index contributed by atoms with van der Waals surface area (Å²) < 4.78 is 10.7. The van der Waals surface area contributed by atoms with Crippen molar-refractivity contribution in [2.75, 3.05) is 6.61 Å². The van der Waals surface area contributed by atoms with Crippen molar-refractivity contribution in [2.24, 2.45) is 0 Å². The Labute approximate surface area is 160 Å².